The highest BCUT2D eigenvalue weighted by Gasteiger charge is 2.46. The van der Waals surface area contributed by atoms with Gasteiger partial charge in [0.15, 0.2) is 23.2 Å². The summed E-state index contributed by atoms with van der Waals surface area (Å²) in [6.45, 7) is 5.32. The number of benzene rings is 1. The standard InChI is InChI=1S/C15H14F2N2O2S4/c1-14(2,25-22)13(21)15(3)5-23-12(19-15)11-18-7-4-6(16)9(20)8(17)10(7)24-11/h4,20,22H,5H2,1-3H3. The summed E-state index contributed by atoms with van der Waals surface area (Å²) in [5.74, 6) is -2.73. The maximum Gasteiger partial charge on any atom is 0.189 e. The molecule has 1 aromatic carbocycles. The van der Waals surface area contributed by atoms with Crippen molar-refractivity contribution in [2.45, 2.75) is 31.1 Å². The molecule has 0 spiro atoms. The Labute approximate surface area is 160 Å². The molecule has 25 heavy (non-hydrogen) atoms. The summed E-state index contributed by atoms with van der Waals surface area (Å²) in [4.78, 5) is 21.5. The Morgan fingerprint density at radius 1 is 1.48 bits per heavy atom. The lowest BCUT2D eigenvalue weighted by atomic mass is 9.91. The van der Waals surface area contributed by atoms with E-state index in [2.05, 4.69) is 21.6 Å². The summed E-state index contributed by atoms with van der Waals surface area (Å²) in [6.07, 6.45) is 0. The van der Waals surface area contributed by atoms with Gasteiger partial charge in [-0.15, -0.1) is 34.8 Å². The number of aromatic nitrogens is 1. The van der Waals surface area contributed by atoms with E-state index in [1.54, 1.807) is 20.8 Å². The first-order valence-corrected chi connectivity index (χ1v) is 10.8. The summed E-state index contributed by atoms with van der Waals surface area (Å²) in [5, 5.41) is 10.3. The Bertz CT molecular complexity index is 913. The Morgan fingerprint density at radius 3 is 2.80 bits per heavy atom. The molecular weight excluding hydrogens is 406 g/mol. The van der Waals surface area contributed by atoms with Gasteiger partial charge in [0.1, 0.15) is 15.6 Å². The van der Waals surface area contributed by atoms with Crippen LogP contribution < -0.4 is 0 Å². The topological polar surface area (TPSA) is 62.5 Å². The largest absolute Gasteiger partial charge is 0.503 e. The molecular formula is C15H14F2N2O2S4. The fraction of sp³-hybridized carbons (Fsp3) is 0.400. The number of hydrogen-bond acceptors (Lipinski definition) is 8. The Balaban J connectivity index is 2.02. The van der Waals surface area contributed by atoms with Crippen molar-refractivity contribution in [3.8, 4) is 5.75 Å². The molecule has 1 atom stereocenters. The number of thiazole rings is 1. The highest BCUT2D eigenvalue weighted by atomic mass is 33.1. The van der Waals surface area contributed by atoms with Crippen molar-refractivity contribution in [1.82, 2.24) is 4.98 Å². The van der Waals surface area contributed by atoms with Gasteiger partial charge < -0.3 is 5.11 Å². The molecule has 4 nitrogen and oxygen atoms in total. The second-order valence-corrected chi connectivity index (χ2v) is 10.0. The summed E-state index contributed by atoms with van der Waals surface area (Å²) in [5.41, 5.74) is -0.814. The average molecular weight is 421 g/mol. The van der Waals surface area contributed by atoms with Crippen molar-refractivity contribution in [3.63, 3.8) is 0 Å². The van der Waals surface area contributed by atoms with Crippen LogP contribution in [0.3, 0.4) is 0 Å². The van der Waals surface area contributed by atoms with Crippen molar-refractivity contribution in [2.24, 2.45) is 4.99 Å². The number of halogens is 2. The van der Waals surface area contributed by atoms with Crippen molar-refractivity contribution in [2.75, 3.05) is 5.75 Å². The third-order valence-electron chi connectivity index (χ3n) is 3.84. The number of thiol groups is 1. The third kappa shape index (κ3) is 3.17. The van der Waals surface area contributed by atoms with Gasteiger partial charge in [0.2, 0.25) is 0 Å². The number of aliphatic imine (C=N–C) groups is 1. The van der Waals surface area contributed by atoms with E-state index in [1.807, 2.05) is 0 Å². The van der Waals surface area contributed by atoms with Crippen LogP contribution in [0.25, 0.3) is 10.2 Å². The van der Waals surface area contributed by atoms with E-state index in [9.17, 15) is 18.7 Å². The number of ketones is 1. The van der Waals surface area contributed by atoms with Crippen LogP contribution in [-0.4, -0.2) is 37.0 Å². The molecule has 0 fully saturated rings. The fourth-order valence-corrected chi connectivity index (χ4v) is 5.26. The summed E-state index contributed by atoms with van der Waals surface area (Å²) >= 11 is 6.48. The van der Waals surface area contributed by atoms with Gasteiger partial charge in [0, 0.05) is 11.8 Å². The monoisotopic (exact) mass is 420 g/mol. The van der Waals surface area contributed by atoms with Gasteiger partial charge in [-0.05, 0) is 20.8 Å². The molecule has 0 amide bonds. The number of rotatable bonds is 4. The third-order valence-corrected chi connectivity index (χ3v) is 8.31. The van der Waals surface area contributed by atoms with Gasteiger partial charge in [0.25, 0.3) is 0 Å². The van der Waals surface area contributed by atoms with E-state index in [-0.39, 0.29) is 16.0 Å². The average Bonchev–Trinajstić information content (AvgIpc) is 3.16. The Kier molecular flexibility index (Phi) is 4.85. The van der Waals surface area contributed by atoms with Gasteiger partial charge in [-0.1, -0.05) is 10.8 Å². The number of phenols is 1. The molecule has 1 aliphatic rings. The number of thioether (sulfide) groups is 1. The number of nitrogens with zero attached hydrogens (tertiary/aromatic N) is 2. The number of aromatic hydroxyl groups is 1. The van der Waals surface area contributed by atoms with Crippen molar-refractivity contribution >= 4 is 66.6 Å². The Hall–Kier alpha value is -0.840. The van der Waals surface area contributed by atoms with Crippen LogP contribution in [0.15, 0.2) is 11.1 Å². The number of phenolic OH excluding ortho intramolecular Hbond substituents is 1. The predicted molar refractivity (Wildman–Crippen MR) is 104 cm³/mol. The van der Waals surface area contributed by atoms with E-state index in [4.69, 9.17) is 0 Å². The molecule has 10 heteroatoms. The highest BCUT2D eigenvalue weighted by molar-refractivity contribution is 8.69. The molecule has 1 unspecified atom stereocenters. The lowest BCUT2D eigenvalue weighted by Crippen LogP contribution is -2.45. The van der Waals surface area contributed by atoms with Crippen molar-refractivity contribution in [1.29, 1.82) is 0 Å². The van der Waals surface area contributed by atoms with Crippen molar-refractivity contribution < 1.29 is 18.7 Å². The molecule has 0 saturated carbocycles. The first-order chi connectivity index (χ1) is 11.6. The number of fused-ring (bicyclic) bond motifs is 1. The number of hydrogen-bond donors (Lipinski definition) is 2. The van der Waals surface area contributed by atoms with E-state index >= 15 is 0 Å². The smallest absolute Gasteiger partial charge is 0.189 e. The molecule has 2 aromatic rings. The lowest BCUT2D eigenvalue weighted by Gasteiger charge is -2.28. The zero-order valence-corrected chi connectivity index (χ0v) is 16.8. The molecule has 0 saturated heterocycles. The molecule has 2 heterocycles. The van der Waals surface area contributed by atoms with Crippen LogP contribution in [0, 0.1) is 11.6 Å². The van der Waals surface area contributed by atoms with E-state index in [1.165, 1.54) is 11.8 Å². The zero-order valence-electron chi connectivity index (χ0n) is 13.5. The number of Topliss-reactive ketones (excluding diaryl/α,β-unsaturated/α-hetero) is 1. The summed E-state index contributed by atoms with van der Waals surface area (Å²) in [6, 6.07) is 0.985. The van der Waals surface area contributed by atoms with Crippen LogP contribution in [-0.2, 0) is 4.79 Å². The number of carbonyl (C=O) groups excluding carboxylic acids is 1. The normalized spacial score (nSPS) is 21.0. The van der Waals surface area contributed by atoms with Crippen LogP contribution in [0.5, 0.6) is 5.75 Å². The second kappa shape index (κ2) is 6.40. The van der Waals surface area contributed by atoms with E-state index in [0.717, 1.165) is 28.2 Å². The first kappa shape index (κ1) is 18.9. The zero-order chi connectivity index (χ0) is 18.6. The van der Waals surface area contributed by atoms with Crippen molar-refractivity contribution in [3.05, 3.63) is 22.7 Å². The quantitative estimate of drug-likeness (QED) is 0.565. The van der Waals surface area contributed by atoms with Gasteiger partial charge in [-0.25, -0.2) is 13.8 Å². The van der Waals surface area contributed by atoms with Crippen LogP contribution in [0.4, 0.5) is 8.78 Å². The molecule has 134 valence electrons. The molecule has 3 rings (SSSR count). The van der Waals surface area contributed by atoms with Gasteiger partial charge in [0.05, 0.1) is 15.0 Å². The Morgan fingerprint density at radius 2 is 2.16 bits per heavy atom. The molecule has 0 bridgehead atoms. The van der Waals surface area contributed by atoms with E-state index < -0.39 is 27.7 Å². The maximum atomic E-state index is 14.0. The minimum atomic E-state index is -1.06. The van der Waals surface area contributed by atoms with Gasteiger partial charge in [-0.2, -0.15) is 0 Å². The maximum absolute atomic E-state index is 14.0. The highest BCUT2D eigenvalue weighted by Crippen LogP contribution is 2.41. The minimum Gasteiger partial charge on any atom is -0.503 e. The second-order valence-electron chi connectivity index (χ2n) is 6.30. The summed E-state index contributed by atoms with van der Waals surface area (Å²) in [7, 11) is 1.16. The van der Waals surface area contributed by atoms with E-state index in [0.29, 0.717) is 15.8 Å². The molecule has 1 N–H and O–H groups in total. The molecule has 1 aliphatic heterocycles. The lowest BCUT2D eigenvalue weighted by molar-refractivity contribution is -0.124. The SMILES string of the molecule is CC1(C(=O)C(C)(C)SS)CSC(c2nc3cc(F)c(O)c(F)c3s2)=N1. The van der Waals surface area contributed by atoms with Gasteiger partial charge in [-0.3, -0.25) is 9.79 Å². The molecule has 0 aliphatic carbocycles. The van der Waals surface area contributed by atoms with Crippen LogP contribution >= 0.6 is 45.6 Å². The minimum absolute atomic E-state index is 0.0570. The molecule has 1 aromatic heterocycles. The summed E-state index contributed by atoms with van der Waals surface area (Å²) < 4.78 is 26.8. The van der Waals surface area contributed by atoms with Gasteiger partial charge >= 0.3 is 0 Å². The first-order valence-electron chi connectivity index (χ1n) is 7.17. The van der Waals surface area contributed by atoms with Crippen LogP contribution in [0.2, 0.25) is 0 Å². The van der Waals surface area contributed by atoms with Crippen LogP contribution in [0.1, 0.15) is 25.8 Å². The predicted octanol–water partition coefficient (Wildman–Crippen LogP) is 4.46. The number of carbonyl (C=O) groups is 1. The fourth-order valence-electron chi connectivity index (χ4n) is 2.49. The molecule has 0 radical (unpaired) electrons.